The summed E-state index contributed by atoms with van der Waals surface area (Å²) in [6.07, 6.45) is 4.86. The van der Waals surface area contributed by atoms with E-state index in [2.05, 4.69) is 10.4 Å². The van der Waals surface area contributed by atoms with Gasteiger partial charge in [-0.05, 0) is 42.8 Å². The standard InChI is InChI=1S/C21H24N4O3S/c1-3-4-14-24(2)29(27,28)20-12-10-18(11-13-20)23-21(26)17-15-22-25(16-17)19-8-6-5-7-9-19/h5-13,15-16H,3-4,14H2,1-2H3,(H,23,26). The van der Waals surface area contributed by atoms with Crippen LogP contribution in [0, 0.1) is 0 Å². The lowest BCUT2D eigenvalue weighted by atomic mass is 10.3. The second-order valence-corrected chi connectivity index (χ2v) is 8.71. The second kappa shape index (κ2) is 9.02. The molecule has 1 amide bonds. The van der Waals surface area contributed by atoms with E-state index in [1.54, 1.807) is 30.1 Å². The van der Waals surface area contributed by atoms with E-state index in [0.717, 1.165) is 18.5 Å². The first-order chi connectivity index (χ1) is 13.9. The zero-order valence-corrected chi connectivity index (χ0v) is 17.3. The van der Waals surface area contributed by atoms with Crippen molar-refractivity contribution in [1.82, 2.24) is 14.1 Å². The predicted octanol–water partition coefficient (Wildman–Crippen LogP) is 3.55. The van der Waals surface area contributed by atoms with E-state index in [1.807, 2.05) is 37.3 Å². The van der Waals surface area contributed by atoms with E-state index in [1.165, 1.54) is 22.6 Å². The molecule has 8 heteroatoms. The smallest absolute Gasteiger partial charge is 0.258 e. The number of unbranched alkanes of at least 4 members (excludes halogenated alkanes) is 1. The fourth-order valence-corrected chi connectivity index (χ4v) is 3.97. The number of nitrogens with zero attached hydrogens (tertiary/aromatic N) is 3. The van der Waals surface area contributed by atoms with Crippen LogP contribution in [0.1, 0.15) is 30.1 Å². The third-order valence-electron chi connectivity index (χ3n) is 4.51. The average molecular weight is 413 g/mol. The lowest BCUT2D eigenvalue weighted by Gasteiger charge is -2.17. The van der Waals surface area contributed by atoms with Crippen LogP contribution in [0.5, 0.6) is 0 Å². The lowest BCUT2D eigenvalue weighted by Crippen LogP contribution is -2.27. The first-order valence-corrected chi connectivity index (χ1v) is 10.8. The minimum absolute atomic E-state index is 0.200. The number of sulfonamides is 1. The number of rotatable bonds is 8. The number of hydrogen-bond acceptors (Lipinski definition) is 4. The Hall–Kier alpha value is -2.97. The molecule has 1 N–H and O–H groups in total. The highest BCUT2D eigenvalue weighted by Crippen LogP contribution is 2.18. The Morgan fingerprint density at radius 3 is 2.45 bits per heavy atom. The van der Waals surface area contributed by atoms with E-state index in [9.17, 15) is 13.2 Å². The normalized spacial score (nSPS) is 11.6. The van der Waals surface area contributed by atoms with E-state index in [-0.39, 0.29) is 10.8 Å². The van der Waals surface area contributed by atoms with Gasteiger partial charge in [-0.25, -0.2) is 17.4 Å². The highest BCUT2D eigenvalue weighted by Gasteiger charge is 2.20. The number of carbonyl (C=O) groups is 1. The number of aromatic nitrogens is 2. The van der Waals surface area contributed by atoms with Gasteiger partial charge < -0.3 is 5.32 Å². The number of carbonyl (C=O) groups excluding carboxylic acids is 1. The molecule has 0 saturated heterocycles. The molecule has 2 aromatic carbocycles. The molecule has 1 aromatic heterocycles. The summed E-state index contributed by atoms with van der Waals surface area (Å²) in [6, 6.07) is 15.7. The van der Waals surface area contributed by atoms with Crippen molar-refractivity contribution in [3.8, 4) is 5.69 Å². The summed E-state index contributed by atoms with van der Waals surface area (Å²) in [7, 11) is -1.95. The Kier molecular flexibility index (Phi) is 6.46. The van der Waals surface area contributed by atoms with Crippen molar-refractivity contribution in [3.63, 3.8) is 0 Å². The molecule has 7 nitrogen and oxygen atoms in total. The van der Waals surface area contributed by atoms with Crippen LogP contribution in [0.2, 0.25) is 0 Å². The van der Waals surface area contributed by atoms with Crippen LogP contribution < -0.4 is 5.32 Å². The molecule has 0 bridgehead atoms. The van der Waals surface area contributed by atoms with Crippen molar-refractivity contribution in [1.29, 1.82) is 0 Å². The summed E-state index contributed by atoms with van der Waals surface area (Å²) in [5.41, 5.74) is 1.77. The first-order valence-electron chi connectivity index (χ1n) is 9.39. The molecule has 0 aliphatic carbocycles. The topological polar surface area (TPSA) is 84.3 Å². The number of hydrogen-bond donors (Lipinski definition) is 1. The van der Waals surface area contributed by atoms with Crippen molar-refractivity contribution in [2.75, 3.05) is 18.9 Å². The molecule has 0 atom stereocenters. The van der Waals surface area contributed by atoms with E-state index >= 15 is 0 Å². The molecule has 3 aromatic rings. The summed E-state index contributed by atoms with van der Waals surface area (Å²) in [5, 5.41) is 6.97. The molecule has 0 spiro atoms. The molecule has 0 unspecified atom stereocenters. The van der Waals surface area contributed by atoms with Gasteiger partial charge in [0.1, 0.15) is 0 Å². The summed E-state index contributed by atoms with van der Waals surface area (Å²) in [4.78, 5) is 12.7. The maximum absolute atomic E-state index is 12.6. The molecule has 0 aliphatic rings. The number of benzene rings is 2. The molecule has 152 valence electrons. The Balaban J connectivity index is 1.68. The van der Waals surface area contributed by atoms with E-state index in [4.69, 9.17) is 0 Å². The highest BCUT2D eigenvalue weighted by atomic mass is 32.2. The number of anilines is 1. The Labute approximate surface area is 171 Å². The third-order valence-corrected chi connectivity index (χ3v) is 6.38. The summed E-state index contributed by atoms with van der Waals surface area (Å²) in [6.45, 7) is 2.49. The maximum atomic E-state index is 12.6. The van der Waals surface area contributed by atoms with Gasteiger partial charge in [0.05, 0.1) is 22.3 Å². The minimum atomic E-state index is -3.53. The van der Waals surface area contributed by atoms with Crippen LogP contribution in [0.25, 0.3) is 5.69 Å². The van der Waals surface area contributed by atoms with E-state index in [0.29, 0.717) is 17.8 Å². The van der Waals surface area contributed by atoms with Crippen LogP contribution in [0.3, 0.4) is 0 Å². The van der Waals surface area contributed by atoms with Gasteiger partial charge >= 0.3 is 0 Å². The van der Waals surface area contributed by atoms with Crippen LogP contribution in [-0.2, 0) is 10.0 Å². The van der Waals surface area contributed by atoms with Gasteiger partial charge in [-0.3, -0.25) is 4.79 Å². The van der Waals surface area contributed by atoms with Gasteiger partial charge in [0, 0.05) is 25.5 Å². The highest BCUT2D eigenvalue weighted by molar-refractivity contribution is 7.89. The SMILES string of the molecule is CCCCN(C)S(=O)(=O)c1ccc(NC(=O)c2cnn(-c3ccccc3)c2)cc1. The molecule has 0 fully saturated rings. The van der Waals surface area contributed by atoms with Crippen LogP contribution in [0.4, 0.5) is 5.69 Å². The number of para-hydroxylation sites is 1. The fraction of sp³-hybridized carbons (Fsp3) is 0.238. The van der Waals surface area contributed by atoms with Gasteiger partial charge in [-0.15, -0.1) is 0 Å². The summed E-state index contributed by atoms with van der Waals surface area (Å²) < 4.78 is 28.1. The number of nitrogens with one attached hydrogen (secondary N) is 1. The molecule has 1 heterocycles. The van der Waals surface area contributed by atoms with Crippen molar-refractivity contribution in [2.45, 2.75) is 24.7 Å². The fourth-order valence-electron chi connectivity index (χ4n) is 2.76. The second-order valence-electron chi connectivity index (χ2n) is 6.67. The van der Waals surface area contributed by atoms with Crippen molar-refractivity contribution >= 4 is 21.6 Å². The van der Waals surface area contributed by atoms with Gasteiger partial charge in [-0.2, -0.15) is 5.10 Å². The van der Waals surface area contributed by atoms with Gasteiger partial charge in [0.2, 0.25) is 10.0 Å². The largest absolute Gasteiger partial charge is 0.322 e. The van der Waals surface area contributed by atoms with Gasteiger partial charge in [-0.1, -0.05) is 31.5 Å². The monoisotopic (exact) mass is 412 g/mol. The molecule has 0 aliphatic heterocycles. The predicted molar refractivity (Wildman–Crippen MR) is 113 cm³/mol. The molecular formula is C21H24N4O3S. The zero-order chi connectivity index (χ0) is 20.9. The molecule has 29 heavy (non-hydrogen) atoms. The summed E-state index contributed by atoms with van der Waals surface area (Å²) >= 11 is 0. The Morgan fingerprint density at radius 1 is 1.10 bits per heavy atom. The van der Waals surface area contributed by atoms with Gasteiger partial charge in [0.25, 0.3) is 5.91 Å². The van der Waals surface area contributed by atoms with E-state index < -0.39 is 10.0 Å². The molecule has 0 radical (unpaired) electrons. The summed E-state index contributed by atoms with van der Waals surface area (Å²) in [5.74, 6) is -0.317. The molecular weight excluding hydrogens is 388 g/mol. The Bertz CT molecular complexity index is 1060. The van der Waals surface area contributed by atoms with Crippen molar-refractivity contribution < 1.29 is 13.2 Å². The average Bonchev–Trinajstić information content (AvgIpc) is 3.23. The lowest BCUT2D eigenvalue weighted by molar-refractivity contribution is 0.102. The number of amides is 1. The van der Waals surface area contributed by atoms with Crippen molar-refractivity contribution in [2.24, 2.45) is 0 Å². The van der Waals surface area contributed by atoms with Gasteiger partial charge in [0.15, 0.2) is 0 Å². The molecule has 3 rings (SSSR count). The zero-order valence-electron chi connectivity index (χ0n) is 16.4. The van der Waals surface area contributed by atoms with Crippen LogP contribution in [-0.4, -0.2) is 42.0 Å². The first kappa shape index (κ1) is 20.8. The molecule has 0 saturated carbocycles. The maximum Gasteiger partial charge on any atom is 0.258 e. The van der Waals surface area contributed by atoms with Crippen LogP contribution >= 0.6 is 0 Å². The Morgan fingerprint density at radius 2 is 1.79 bits per heavy atom. The minimum Gasteiger partial charge on any atom is -0.322 e. The third kappa shape index (κ3) is 4.90. The van der Waals surface area contributed by atoms with Crippen molar-refractivity contribution in [3.05, 3.63) is 72.6 Å². The quantitative estimate of drug-likeness (QED) is 0.613. The van der Waals surface area contributed by atoms with Crippen LogP contribution in [0.15, 0.2) is 71.9 Å².